The summed E-state index contributed by atoms with van der Waals surface area (Å²) >= 11 is 0. The highest BCUT2D eigenvalue weighted by Gasteiger charge is 2.07. The Morgan fingerprint density at radius 1 is 1.42 bits per heavy atom. The first-order valence-electron chi connectivity index (χ1n) is 5.77. The van der Waals surface area contributed by atoms with Crippen LogP contribution in [-0.2, 0) is 4.79 Å². The Morgan fingerprint density at radius 2 is 2.16 bits per heavy atom. The van der Waals surface area contributed by atoms with Crippen molar-refractivity contribution >= 4 is 18.1 Å². The molecular weight excluding hydrogens is 246 g/mol. The maximum atomic E-state index is 10.5. The van der Waals surface area contributed by atoms with Crippen LogP contribution in [0.5, 0.6) is 11.5 Å². The van der Waals surface area contributed by atoms with Gasteiger partial charge in [0.15, 0.2) is 11.5 Å². The fraction of sp³-hybridized carbons (Fsp3) is 0.214. The van der Waals surface area contributed by atoms with Crippen molar-refractivity contribution in [2.75, 3.05) is 13.7 Å². The minimum atomic E-state index is -1.03. The number of carbonyl (C=O) groups is 1. The van der Waals surface area contributed by atoms with Crippen molar-refractivity contribution in [2.45, 2.75) is 6.42 Å². The third kappa shape index (κ3) is 4.48. The molecule has 0 aromatic heterocycles. The summed E-state index contributed by atoms with van der Waals surface area (Å²) in [6.07, 6.45) is 6.71. The number of hydrogen-bond acceptors (Lipinski definition) is 4. The highest BCUT2D eigenvalue weighted by atomic mass is 16.5. The molecule has 0 saturated heterocycles. The first-order valence-corrected chi connectivity index (χ1v) is 5.77. The number of methoxy groups -OCH3 is 1. The van der Waals surface area contributed by atoms with Gasteiger partial charge in [0, 0.05) is 11.6 Å². The van der Waals surface area contributed by atoms with Crippen molar-refractivity contribution in [1.29, 1.82) is 0 Å². The van der Waals surface area contributed by atoms with Crippen LogP contribution in [0.25, 0.3) is 12.2 Å². The number of phenols is 1. The predicted molar refractivity (Wildman–Crippen MR) is 74.0 cm³/mol. The molecule has 1 aromatic rings. The van der Waals surface area contributed by atoms with Crippen LogP contribution in [0.3, 0.4) is 0 Å². The molecule has 102 valence electrons. The number of benzene rings is 1. The van der Waals surface area contributed by atoms with E-state index in [4.69, 9.17) is 15.6 Å². The number of ether oxygens (including phenoxy) is 1. The van der Waals surface area contributed by atoms with Crippen LogP contribution >= 0.6 is 0 Å². The second-order valence-electron chi connectivity index (χ2n) is 3.81. The van der Waals surface area contributed by atoms with Gasteiger partial charge in [0.1, 0.15) is 0 Å². The molecule has 0 fully saturated rings. The van der Waals surface area contributed by atoms with Gasteiger partial charge < -0.3 is 20.7 Å². The van der Waals surface area contributed by atoms with Gasteiger partial charge in [-0.05, 0) is 36.7 Å². The molecule has 0 amide bonds. The average Bonchev–Trinajstić information content (AvgIpc) is 2.39. The van der Waals surface area contributed by atoms with E-state index in [0.29, 0.717) is 29.8 Å². The van der Waals surface area contributed by atoms with Crippen LogP contribution in [0.2, 0.25) is 0 Å². The normalized spacial score (nSPS) is 11.3. The molecule has 19 heavy (non-hydrogen) atoms. The van der Waals surface area contributed by atoms with Gasteiger partial charge in [0.05, 0.1) is 7.11 Å². The number of hydrogen-bond donors (Lipinski definition) is 3. The second kappa shape index (κ2) is 7.23. The number of carboxylic acid groups (broad SMARTS) is 1. The number of nitrogens with two attached hydrogens (primary N) is 1. The SMILES string of the molecule is COc1cc(C=CC(=O)O)cc(C=CCCN)c1O. The highest BCUT2D eigenvalue weighted by molar-refractivity contribution is 5.85. The van der Waals surface area contributed by atoms with Gasteiger partial charge in [-0.25, -0.2) is 4.79 Å². The molecule has 0 aliphatic heterocycles. The first kappa shape index (κ1) is 14.8. The molecule has 0 bridgehead atoms. The summed E-state index contributed by atoms with van der Waals surface area (Å²) in [6, 6.07) is 3.24. The summed E-state index contributed by atoms with van der Waals surface area (Å²) < 4.78 is 5.05. The number of aromatic hydroxyl groups is 1. The van der Waals surface area contributed by atoms with E-state index < -0.39 is 5.97 Å². The van der Waals surface area contributed by atoms with Crippen molar-refractivity contribution in [3.05, 3.63) is 35.4 Å². The van der Waals surface area contributed by atoms with E-state index >= 15 is 0 Å². The van der Waals surface area contributed by atoms with E-state index in [-0.39, 0.29) is 5.75 Å². The molecule has 1 rings (SSSR count). The Hall–Kier alpha value is -2.27. The third-order valence-corrected chi connectivity index (χ3v) is 2.40. The molecule has 0 spiro atoms. The van der Waals surface area contributed by atoms with Gasteiger partial charge in [-0.3, -0.25) is 0 Å². The van der Waals surface area contributed by atoms with Crippen molar-refractivity contribution in [3.63, 3.8) is 0 Å². The fourth-order valence-electron chi connectivity index (χ4n) is 1.50. The van der Waals surface area contributed by atoms with Crippen LogP contribution in [0, 0.1) is 0 Å². The molecule has 5 nitrogen and oxygen atoms in total. The Morgan fingerprint density at radius 3 is 2.74 bits per heavy atom. The van der Waals surface area contributed by atoms with Gasteiger partial charge in [-0.1, -0.05) is 12.2 Å². The molecule has 0 unspecified atom stereocenters. The Kier molecular flexibility index (Phi) is 5.63. The van der Waals surface area contributed by atoms with E-state index in [9.17, 15) is 9.90 Å². The monoisotopic (exact) mass is 263 g/mol. The first-order chi connectivity index (χ1) is 9.08. The molecule has 0 heterocycles. The summed E-state index contributed by atoms with van der Waals surface area (Å²) in [5.41, 5.74) is 6.57. The lowest BCUT2D eigenvalue weighted by Gasteiger charge is -2.08. The second-order valence-corrected chi connectivity index (χ2v) is 3.81. The van der Waals surface area contributed by atoms with Crippen LogP contribution < -0.4 is 10.5 Å². The summed E-state index contributed by atoms with van der Waals surface area (Å²) in [7, 11) is 1.44. The van der Waals surface area contributed by atoms with E-state index in [1.165, 1.54) is 13.2 Å². The zero-order chi connectivity index (χ0) is 14.3. The smallest absolute Gasteiger partial charge is 0.328 e. The fourth-order valence-corrected chi connectivity index (χ4v) is 1.50. The minimum Gasteiger partial charge on any atom is -0.504 e. The zero-order valence-electron chi connectivity index (χ0n) is 10.7. The lowest BCUT2D eigenvalue weighted by molar-refractivity contribution is -0.131. The topological polar surface area (TPSA) is 92.8 Å². The van der Waals surface area contributed by atoms with Crippen LogP contribution in [0.4, 0.5) is 0 Å². The molecular formula is C14H17NO4. The third-order valence-electron chi connectivity index (χ3n) is 2.40. The van der Waals surface area contributed by atoms with E-state index in [2.05, 4.69) is 0 Å². The van der Waals surface area contributed by atoms with Gasteiger partial charge in [0.2, 0.25) is 0 Å². The van der Waals surface area contributed by atoms with Crippen LogP contribution in [0.1, 0.15) is 17.5 Å². The summed E-state index contributed by atoms with van der Waals surface area (Å²) in [4.78, 5) is 10.5. The van der Waals surface area contributed by atoms with E-state index in [1.807, 2.05) is 6.08 Å². The molecule has 0 aliphatic rings. The molecule has 4 N–H and O–H groups in total. The number of aliphatic carboxylic acids is 1. The highest BCUT2D eigenvalue weighted by Crippen LogP contribution is 2.32. The Bertz CT molecular complexity index is 506. The largest absolute Gasteiger partial charge is 0.504 e. The average molecular weight is 263 g/mol. The predicted octanol–water partition coefficient (Wildman–Crippen LogP) is 1.86. The molecule has 0 atom stereocenters. The van der Waals surface area contributed by atoms with Crippen LogP contribution in [-0.4, -0.2) is 29.8 Å². The van der Waals surface area contributed by atoms with E-state index in [0.717, 1.165) is 6.08 Å². The van der Waals surface area contributed by atoms with Gasteiger partial charge >= 0.3 is 5.97 Å². The molecule has 0 radical (unpaired) electrons. The maximum Gasteiger partial charge on any atom is 0.328 e. The maximum absolute atomic E-state index is 10.5. The molecule has 0 saturated carbocycles. The van der Waals surface area contributed by atoms with Crippen molar-refractivity contribution < 1.29 is 19.7 Å². The summed E-state index contributed by atoms with van der Waals surface area (Å²) in [6.45, 7) is 0.521. The summed E-state index contributed by atoms with van der Waals surface area (Å²) in [5.74, 6) is -0.726. The quantitative estimate of drug-likeness (QED) is 0.681. The van der Waals surface area contributed by atoms with Gasteiger partial charge in [0.25, 0.3) is 0 Å². The molecule has 1 aromatic carbocycles. The molecule has 5 heteroatoms. The number of rotatable bonds is 6. The lowest BCUT2D eigenvalue weighted by atomic mass is 10.1. The zero-order valence-corrected chi connectivity index (χ0v) is 10.7. The van der Waals surface area contributed by atoms with E-state index in [1.54, 1.807) is 18.2 Å². The number of carboxylic acids is 1. The number of phenolic OH excluding ortho intramolecular Hbond substituents is 1. The van der Waals surface area contributed by atoms with Crippen molar-refractivity contribution in [3.8, 4) is 11.5 Å². The summed E-state index contributed by atoms with van der Waals surface area (Å²) in [5, 5.41) is 18.5. The van der Waals surface area contributed by atoms with Gasteiger partial charge in [-0.15, -0.1) is 0 Å². The van der Waals surface area contributed by atoms with Crippen molar-refractivity contribution in [2.24, 2.45) is 5.73 Å². The van der Waals surface area contributed by atoms with Crippen molar-refractivity contribution in [1.82, 2.24) is 0 Å². The van der Waals surface area contributed by atoms with Gasteiger partial charge in [-0.2, -0.15) is 0 Å². The Labute approximate surface area is 111 Å². The lowest BCUT2D eigenvalue weighted by Crippen LogP contribution is -1.95. The van der Waals surface area contributed by atoms with Crippen LogP contribution in [0.15, 0.2) is 24.3 Å². The Balaban J connectivity index is 3.14. The standard InChI is InChI=1S/C14H17NO4/c1-19-12-9-10(5-6-13(16)17)8-11(14(12)18)4-2-3-7-15/h2,4-6,8-9,18H,3,7,15H2,1H3,(H,16,17). The molecule has 0 aliphatic carbocycles. The minimum absolute atomic E-state index is 0.0169.